The molecule has 92 valence electrons. The van der Waals surface area contributed by atoms with Crippen molar-refractivity contribution in [3.05, 3.63) is 39.7 Å². The number of rotatable bonds is 3. The largest absolute Gasteiger partial charge is 0.475 e. The van der Waals surface area contributed by atoms with E-state index in [4.69, 9.17) is 9.63 Å². The highest BCUT2D eigenvalue weighted by atomic mass is 16.6. The van der Waals surface area contributed by atoms with Gasteiger partial charge in [0.2, 0.25) is 0 Å². The van der Waals surface area contributed by atoms with Crippen LogP contribution in [0.25, 0.3) is 11.5 Å². The van der Waals surface area contributed by atoms with E-state index in [-0.39, 0.29) is 17.1 Å². The normalized spacial score (nSPS) is 10.3. The van der Waals surface area contributed by atoms with Gasteiger partial charge in [-0.1, -0.05) is 12.1 Å². The number of para-hydroxylation sites is 1. The predicted octanol–water partition coefficient (Wildman–Crippen LogP) is 1.65. The second kappa shape index (κ2) is 4.24. The molecule has 0 aliphatic rings. The molecule has 8 nitrogen and oxygen atoms in total. The molecule has 0 aliphatic heterocycles. The van der Waals surface area contributed by atoms with E-state index < -0.39 is 16.7 Å². The Labute approximate surface area is 100 Å². The van der Waals surface area contributed by atoms with Crippen LogP contribution in [-0.4, -0.2) is 26.1 Å². The van der Waals surface area contributed by atoms with Crippen LogP contribution in [0.1, 0.15) is 16.2 Å². The third-order valence-electron chi connectivity index (χ3n) is 2.27. The van der Waals surface area contributed by atoms with Gasteiger partial charge in [0.1, 0.15) is 5.56 Å². The third-order valence-corrected chi connectivity index (χ3v) is 2.27. The number of nitro benzene ring substituents is 1. The summed E-state index contributed by atoms with van der Waals surface area (Å²) in [5, 5.41) is 22.8. The number of carboxylic acid groups (broad SMARTS) is 1. The number of aromatic nitrogens is 2. The Morgan fingerprint density at radius 2 is 2.22 bits per heavy atom. The molecule has 1 aromatic heterocycles. The standard InChI is InChI=1S/C10H7N3O5/c1-5-3-2-4-6(7(5)13(16)17)9-11-8(10(14)15)12-18-9/h2-4H,1H3,(H,14,15). The minimum absolute atomic E-state index is 0.0972. The number of hydrogen-bond acceptors (Lipinski definition) is 6. The fraction of sp³-hybridized carbons (Fsp3) is 0.100. The molecule has 1 heterocycles. The van der Waals surface area contributed by atoms with Crippen molar-refractivity contribution in [1.82, 2.24) is 10.1 Å². The molecule has 0 radical (unpaired) electrons. The summed E-state index contributed by atoms with van der Waals surface area (Å²) in [5.74, 6) is -2.09. The highest BCUT2D eigenvalue weighted by Crippen LogP contribution is 2.31. The highest BCUT2D eigenvalue weighted by molar-refractivity contribution is 5.83. The fourth-order valence-corrected chi connectivity index (χ4v) is 1.49. The fourth-order valence-electron chi connectivity index (χ4n) is 1.49. The summed E-state index contributed by atoms with van der Waals surface area (Å²) in [4.78, 5) is 24.6. The lowest BCUT2D eigenvalue weighted by Gasteiger charge is -2.00. The highest BCUT2D eigenvalue weighted by Gasteiger charge is 2.23. The summed E-state index contributed by atoms with van der Waals surface area (Å²) in [5.41, 5.74) is 0.339. The minimum atomic E-state index is -1.36. The molecule has 18 heavy (non-hydrogen) atoms. The van der Waals surface area contributed by atoms with Crippen molar-refractivity contribution in [2.24, 2.45) is 0 Å². The van der Waals surface area contributed by atoms with Crippen LogP contribution in [0.2, 0.25) is 0 Å². The molecular weight excluding hydrogens is 242 g/mol. The molecule has 8 heteroatoms. The van der Waals surface area contributed by atoms with Crippen molar-refractivity contribution < 1.29 is 19.3 Å². The predicted molar refractivity (Wildman–Crippen MR) is 58.1 cm³/mol. The van der Waals surface area contributed by atoms with Gasteiger partial charge in [-0.25, -0.2) is 4.79 Å². The number of nitro groups is 1. The molecule has 2 aromatic rings. The molecule has 0 atom stereocenters. The van der Waals surface area contributed by atoms with E-state index in [2.05, 4.69) is 10.1 Å². The number of aryl methyl sites for hydroxylation is 1. The first kappa shape index (κ1) is 11.7. The molecule has 0 saturated heterocycles. The lowest BCUT2D eigenvalue weighted by molar-refractivity contribution is -0.384. The maximum Gasteiger partial charge on any atom is 0.377 e. The lowest BCUT2D eigenvalue weighted by Crippen LogP contribution is -1.99. The number of benzene rings is 1. The van der Waals surface area contributed by atoms with E-state index in [1.807, 2.05) is 0 Å². The summed E-state index contributed by atoms with van der Waals surface area (Å²) in [7, 11) is 0. The summed E-state index contributed by atoms with van der Waals surface area (Å²) in [6.07, 6.45) is 0. The van der Waals surface area contributed by atoms with Crippen molar-refractivity contribution in [3.63, 3.8) is 0 Å². The van der Waals surface area contributed by atoms with Crippen molar-refractivity contribution >= 4 is 11.7 Å². The maximum absolute atomic E-state index is 11.0. The number of aromatic carboxylic acids is 1. The van der Waals surface area contributed by atoms with E-state index in [0.717, 1.165) is 0 Å². The zero-order valence-electron chi connectivity index (χ0n) is 9.15. The van der Waals surface area contributed by atoms with Gasteiger partial charge in [0.15, 0.2) is 0 Å². The van der Waals surface area contributed by atoms with Gasteiger partial charge in [-0.15, -0.1) is 0 Å². The third kappa shape index (κ3) is 1.90. The average Bonchev–Trinajstić information content (AvgIpc) is 2.77. The van der Waals surface area contributed by atoms with Crippen LogP contribution in [0, 0.1) is 17.0 Å². The number of hydrogen-bond donors (Lipinski definition) is 1. The zero-order valence-corrected chi connectivity index (χ0v) is 9.15. The van der Waals surface area contributed by atoms with Gasteiger partial charge in [0.25, 0.3) is 17.4 Å². The van der Waals surface area contributed by atoms with Crippen LogP contribution in [0.3, 0.4) is 0 Å². The Morgan fingerprint density at radius 1 is 1.50 bits per heavy atom. The Balaban J connectivity index is 2.59. The molecule has 0 unspecified atom stereocenters. The van der Waals surface area contributed by atoms with Gasteiger partial charge in [0, 0.05) is 5.56 Å². The van der Waals surface area contributed by atoms with E-state index in [1.165, 1.54) is 6.07 Å². The SMILES string of the molecule is Cc1cccc(-c2nc(C(=O)O)no2)c1[N+](=O)[O-]. The second-order valence-electron chi connectivity index (χ2n) is 3.46. The van der Waals surface area contributed by atoms with Crippen LogP contribution in [0.5, 0.6) is 0 Å². The monoisotopic (exact) mass is 249 g/mol. The van der Waals surface area contributed by atoms with Gasteiger partial charge in [0.05, 0.1) is 4.92 Å². The van der Waals surface area contributed by atoms with Crippen molar-refractivity contribution in [1.29, 1.82) is 0 Å². The molecule has 0 fully saturated rings. The summed E-state index contributed by atoms with van der Waals surface area (Å²) < 4.78 is 4.71. The molecule has 2 rings (SSSR count). The van der Waals surface area contributed by atoms with Crippen molar-refractivity contribution in [3.8, 4) is 11.5 Å². The molecular formula is C10H7N3O5. The quantitative estimate of drug-likeness (QED) is 0.648. The van der Waals surface area contributed by atoms with E-state index in [0.29, 0.717) is 5.56 Å². The molecule has 1 N–H and O–H groups in total. The first-order valence-corrected chi connectivity index (χ1v) is 4.82. The summed E-state index contributed by atoms with van der Waals surface area (Å²) >= 11 is 0. The van der Waals surface area contributed by atoms with Crippen LogP contribution in [0.4, 0.5) is 5.69 Å². The van der Waals surface area contributed by atoms with E-state index in [1.54, 1.807) is 19.1 Å². The first-order chi connectivity index (χ1) is 8.50. The molecule has 0 bridgehead atoms. The Bertz CT molecular complexity index is 634. The van der Waals surface area contributed by atoms with Gasteiger partial charge >= 0.3 is 5.97 Å². The Kier molecular flexibility index (Phi) is 2.76. The lowest BCUT2D eigenvalue weighted by atomic mass is 10.1. The van der Waals surface area contributed by atoms with Crippen molar-refractivity contribution in [2.75, 3.05) is 0 Å². The maximum atomic E-state index is 11.0. The van der Waals surface area contributed by atoms with E-state index in [9.17, 15) is 14.9 Å². The first-order valence-electron chi connectivity index (χ1n) is 4.82. The van der Waals surface area contributed by atoms with Crippen LogP contribution in [-0.2, 0) is 0 Å². The van der Waals surface area contributed by atoms with Gasteiger partial charge < -0.3 is 9.63 Å². The van der Waals surface area contributed by atoms with Gasteiger partial charge in [-0.2, -0.15) is 4.98 Å². The summed E-state index contributed by atoms with van der Waals surface area (Å²) in [6, 6.07) is 4.57. The summed E-state index contributed by atoms with van der Waals surface area (Å²) in [6.45, 7) is 1.57. The topological polar surface area (TPSA) is 119 Å². The molecule has 0 amide bonds. The van der Waals surface area contributed by atoms with Gasteiger partial charge in [-0.3, -0.25) is 10.1 Å². The number of carbonyl (C=O) groups is 1. The smallest absolute Gasteiger partial charge is 0.377 e. The molecule has 1 aromatic carbocycles. The van der Waals surface area contributed by atoms with E-state index >= 15 is 0 Å². The van der Waals surface area contributed by atoms with Gasteiger partial charge in [-0.05, 0) is 18.1 Å². The van der Waals surface area contributed by atoms with Crippen molar-refractivity contribution in [2.45, 2.75) is 6.92 Å². The molecule has 0 aliphatic carbocycles. The Hall–Kier alpha value is -2.77. The number of nitrogens with zero attached hydrogens (tertiary/aromatic N) is 3. The van der Waals surface area contributed by atoms with Crippen LogP contribution < -0.4 is 0 Å². The Morgan fingerprint density at radius 3 is 2.78 bits per heavy atom. The second-order valence-corrected chi connectivity index (χ2v) is 3.46. The zero-order chi connectivity index (χ0) is 13.3. The molecule has 0 saturated carbocycles. The van der Waals surface area contributed by atoms with Crippen LogP contribution in [0.15, 0.2) is 22.7 Å². The number of carboxylic acids is 1. The molecule has 0 spiro atoms. The average molecular weight is 249 g/mol. The van der Waals surface area contributed by atoms with Crippen LogP contribution >= 0.6 is 0 Å². The minimum Gasteiger partial charge on any atom is -0.475 e.